The molecule has 1 heterocycles. The van der Waals surface area contributed by atoms with Gasteiger partial charge in [0.05, 0.1) is 0 Å². The van der Waals surface area contributed by atoms with E-state index in [2.05, 4.69) is 0 Å². The van der Waals surface area contributed by atoms with Crippen LogP contribution in [0, 0.1) is 10.8 Å². The number of rotatable bonds is 1. The lowest BCUT2D eigenvalue weighted by atomic mass is 9.69. The summed E-state index contributed by atoms with van der Waals surface area (Å²) in [7, 11) is 0. The van der Waals surface area contributed by atoms with Gasteiger partial charge in [0.1, 0.15) is 5.60 Å². The zero-order chi connectivity index (χ0) is 16.1. The molecule has 0 saturated carbocycles. The van der Waals surface area contributed by atoms with Crippen molar-refractivity contribution in [2.75, 3.05) is 0 Å². The molecular weight excluding hydrogens is 280 g/mol. The molecule has 114 valence electrons. The molecule has 3 heteroatoms. The second-order valence-electron chi connectivity index (χ2n) is 7.75. The fraction of sp³-hybridized carbons (Fsp3) is 0.500. The summed E-state index contributed by atoms with van der Waals surface area (Å²) >= 11 is 1.50. The van der Waals surface area contributed by atoms with Crippen LogP contribution in [0.4, 0.5) is 0 Å². The zero-order valence-electron chi connectivity index (χ0n) is 13.7. The van der Waals surface area contributed by atoms with Gasteiger partial charge in [-0.2, -0.15) is 0 Å². The molecule has 0 aliphatic heterocycles. The Bertz CT molecular complexity index is 571. The van der Waals surface area contributed by atoms with Crippen LogP contribution in [-0.2, 0) is 10.4 Å². The van der Waals surface area contributed by atoms with E-state index in [1.165, 1.54) is 11.3 Å². The van der Waals surface area contributed by atoms with Crippen molar-refractivity contribution < 1.29 is 9.90 Å². The van der Waals surface area contributed by atoms with E-state index in [1.807, 2.05) is 59.1 Å². The van der Waals surface area contributed by atoms with Crippen LogP contribution >= 0.6 is 11.3 Å². The van der Waals surface area contributed by atoms with E-state index < -0.39 is 5.60 Å². The summed E-state index contributed by atoms with van der Waals surface area (Å²) in [4.78, 5) is 13.7. The number of Topliss-reactive ketones (excluding diaryl/α,β-unsaturated/α-hetero) is 1. The fourth-order valence-electron chi connectivity index (χ4n) is 2.52. The number of thiophene rings is 1. The molecule has 0 atom stereocenters. The van der Waals surface area contributed by atoms with E-state index in [0.29, 0.717) is 11.1 Å². The summed E-state index contributed by atoms with van der Waals surface area (Å²) in [6.07, 6.45) is 3.47. The third-order valence-electron chi connectivity index (χ3n) is 3.75. The monoisotopic (exact) mass is 304 g/mol. The summed E-state index contributed by atoms with van der Waals surface area (Å²) < 4.78 is 0. The number of carbonyl (C=O) groups excluding carboxylic acids is 1. The first-order chi connectivity index (χ1) is 9.45. The number of aliphatic hydroxyl groups is 1. The standard InChI is InChI=1S/C18H24O2S/c1-16(2,3)12-10-18(20,14-8-7-9-21-14)11-13(15(12)19)17(4,5)6/h7-11,20H,1-6H3. The molecule has 0 bridgehead atoms. The van der Waals surface area contributed by atoms with Crippen molar-refractivity contribution in [3.05, 3.63) is 45.7 Å². The van der Waals surface area contributed by atoms with Crippen LogP contribution in [0.15, 0.2) is 40.8 Å². The molecule has 0 spiro atoms. The maximum atomic E-state index is 12.8. The van der Waals surface area contributed by atoms with Crippen LogP contribution in [0.5, 0.6) is 0 Å². The Hall–Kier alpha value is -1.19. The Kier molecular flexibility index (Phi) is 3.79. The van der Waals surface area contributed by atoms with Crippen LogP contribution in [-0.4, -0.2) is 10.9 Å². The molecular formula is C18H24O2S. The third kappa shape index (κ3) is 3.04. The first-order valence-electron chi connectivity index (χ1n) is 7.23. The molecule has 0 saturated heterocycles. The van der Waals surface area contributed by atoms with Crippen molar-refractivity contribution >= 4 is 17.1 Å². The van der Waals surface area contributed by atoms with Crippen LogP contribution in [0.2, 0.25) is 0 Å². The van der Waals surface area contributed by atoms with Gasteiger partial charge in [-0.3, -0.25) is 4.79 Å². The third-order valence-corrected chi connectivity index (χ3v) is 4.76. The Balaban J connectivity index is 2.67. The predicted octanol–water partition coefficient (Wildman–Crippen LogP) is 4.46. The van der Waals surface area contributed by atoms with Gasteiger partial charge in [0.15, 0.2) is 5.78 Å². The molecule has 2 rings (SSSR count). The van der Waals surface area contributed by atoms with E-state index in [0.717, 1.165) is 4.88 Å². The average molecular weight is 304 g/mol. The van der Waals surface area contributed by atoms with Gasteiger partial charge in [0.2, 0.25) is 0 Å². The van der Waals surface area contributed by atoms with E-state index in [1.54, 1.807) is 12.2 Å². The van der Waals surface area contributed by atoms with Gasteiger partial charge < -0.3 is 5.11 Å². The van der Waals surface area contributed by atoms with Crippen molar-refractivity contribution in [1.29, 1.82) is 0 Å². The highest BCUT2D eigenvalue weighted by Gasteiger charge is 2.41. The zero-order valence-corrected chi connectivity index (χ0v) is 14.5. The molecule has 0 fully saturated rings. The number of hydrogen-bond donors (Lipinski definition) is 1. The van der Waals surface area contributed by atoms with Crippen LogP contribution in [0.1, 0.15) is 46.4 Å². The minimum absolute atomic E-state index is 0.0521. The minimum atomic E-state index is -1.19. The van der Waals surface area contributed by atoms with Gasteiger partial charge in [0, 0.05) is 16.0 Å². The Morgan fingerprint density at radius 3 is 1.81 bits per heavy atom. The molecule has 0 amide bonds. The number of allylic oxidation sites excluding steroid dienone is 2. The lowest BCUT2D eigenvalue weighted by molar-refractivity contribution is -0.114. The van der Waals surface area contributed by atoms with E-state index in [9.17, 15) is 9.90 Å². The largest absolute Gasteiger partial charge is 0.376 e. The molecule has 0 radical (unpaired) electrons. The Labute approximate surface area is 131 Å². The first kappa shape index (κ1) is 16.2. The smallest absolute Gasteiger partial charge is 0.185 e. The van der Waals surface area contributed by atoms with Crippen molar-refractivity contribution in [3.63, 3.8) is 0 Å². The average Bonchev–Trinajstić information content (AvgIpc) is 2.83. The number of ketones is 1. The molecule has 21 heavy (non-hydrogen) atoms. The molecule has 1 aromatic heterocycles. The van der Waals surface area contributed by atoms with Crippen LogP contribution in [0.3, 0.4) is 0 Å². The minimum Gasteiger partial charge on any atom is -0.376 e. The van der Waals surface area contributed by atoms with Crippen molar-refractivity contribution in [3.8, 4) is 0 Å². The van der Waals surface area contributed by atoms with Gasteiger partial charge in [-0.25, -0.2) is 0 Å². The number of carbonyl (C=O) groups is 1. The normalized spacial score (nSPS) is 19.3. The molecule has 0 aromatic carbocycles. The fourth-order valence-corrected chi connectivity index (χ4v) is 3.29. The highest BCUT2D eigenvalue weighted by Crippen LogP contribution is 2.44. The van der Waals surface area contributed by atoms with Crippen LogP contribution in [0.25, 0.3) is 0 Å². The molecule has 1 aliphatic carbocycles. The molecule has 0 unspecified atom stereocenters. The predicted molar refractivity (Wildman–Crippen MR) is 88.3 cm³/mol. The van der Waals surface area contributed by atoms with Gasteiger partial charge in [-0.05, 0) is 34.4 Å². The van der Waals surface area contributed by atoms with Crippen LogP contribution < -0.4 is 0 Å². The quantitative estimate of drug-likeness (QED) is 0.831. The second-order valence-corrected chi connectivity index (χ2v) is 8.70. The lowest BCUT2D eigenvalue weighted by Crippen LogP contribution is -2.35. The highest BCUT2D eigenvalue weighted by atomic mass is 32.1. The summed E-state index contributed by atoms with van der Waals surface area (Å²) in [5.41, 5.74) is -0.412. The summed E-state index contributed by atoms with van der Waals surface area (Å²) in [6.45, 7) is 12.1. The summed E-state index contributed by atoms with van der Waals surface area (Å²) in [5, 5.41) is 13.1. The SMILES string of the molecule is CC(C)(C)C1=CC(O)(c2cccs2)C=C(C(C)(C)C)C1=O. The molecule has 1 aromatic rings. The highest BCUT2D eigenvalue weighted by molar-refractivity contribution is 7.10. The van der Waals surface area contributed by atoms with Crippen molar-refractivity contribution in [1.82, 2.24) is 0 Å². The first-order valence-corrected chi connectivity index (χ1v) is 8.11. The van der Waals surface area contributed by atoms with E-state index in [-0.39, 0.29) is 16.6 Å². The van der Waals surface area contributed by atoms with Gasteiger partial charge in [-0.15, -0.1) is 11.3 Å². The molecule has 2 nitrogen and oxygen atoms in total. The second kappa shape index (κ2) is 4.92. The topological polar surface area (TPSA) is 37.3 Å². The maximum Gasteiger partial charge on any atom is 0.185 e. The molecule has 1 N–H and O–H groups in total. The Morgan fingerprint density at radius 1 is 1.00 bits per heavy atom. The van der Waals surface area contributed by atoms with E-state index in [4.69, 9.17) is 0 Å². The summed E-state index contributed by atoms with van der Waals surface area (Å²) in [5.74, 6) is 0.0521. The maximum absolute atomic E-state index is 12.8. The Morgan fingerprint density at radius 2 is 1.48 bits per heavy atom. The molecule has 1 aliphatic rings. The van der Waals surface area contributed by atoms with Crippen molar-refractivity contribution in [2.45, 2.75) is 47.1 Å². The van der Waals surface area contributed by atoms with Gasteiger partial charge in [-0.1, -0.05) is 47.6 Å². The van der Waals surface area contributed by atoms with Gasteiger partial charge in [0.25, 0.3) is 0 Å². The lowest BCUT2D eigenvalue weighted by Gasteiger charge is -2.36. The van der Waals surface area contributed by atoms with Gasteiger partial charge >= 0.3 is 0 Å². The summed E-state index contributed by atoms with van der Waals surface area (Å²) in [6, 6.07) is 3.83. The number of hydrogen-bond acceptors (Lipinski definition) is 3. The van der Waals surface area contributed by atoms with Crippen molar-refractivity contribution in [2.24, 2.45) is 10.8 Å². The van der Waals surface area contributed by atoms with E-state index >= 15 is 0 Å².